The number of sulfone groups is 1. The van der Waals surface area contributed by atoms with Crippen molar-refractivity contribution >= 4 is 26.6 Å². The predicted octanol–water partition coefficient (Wildman–Crippen LogP) is 3.00. The number of carbonyl (C=O) groups is 1. The van der Waals surface area contributed by atoms with Crippen molar-refractivity contribution in [2.24, 2.45) is 0 Å². The molecule has 1 aliphatic rings. The third-order valence-corrected chi connectivity index (χ3v) is 7.03. The molecule has 1 aromatic heterocycles. The normalized spacial score (nSPS) is 21.4. The highest BCUT2D eigenvalue weighted by Gasteiger charge is 2.39. The molecular formula is C21H22N2O3S. The predicted molar refractivity (Wildman–Crippen MR) is 107 cm³/mol. The second-order valence-corrected chi connectivity index (χ2v) is 9.68. The zero-order valence-electron chi connectivity index (χ0n) is 15.2. The number of hydrogen-bond acceptors (Lipinski definition) is 3. The number of nitrogens with one attached hydrogen (secondary N) is 1. The molecule has 0 bridgehead atoms. The second-order valence-electron chi connectivity index (χ2n) is 7.49. The maximum absolute atomic E-state index is 12.8. The summed E-state index contributed by atoms with van der Waals surface area (Å²) in [4.78, 5) is 12.8. The average Bonchev–Trinajstić information content (AvgIpc) is 3.12. The lowest BCUT2D eigenvalue weighted by Gasteiger charge is -2.24. The summed E-state index contributed by atoms with van der Waals surface area (Å²) < 4.78 is 25.6. The van der Waals surface area contributed by atoms with Gasteiger partial charge in [-0.15, -0.1) is 0 Å². The smallest absolute Gasteiger partial charge is 0.240 e. The first-order valence-electron chi connectivity index (χ1n) is 9.00. The molecule has 1 fully saturated rings. The van der Waals surface area contributed by atoms with E-state index < -0.39 is 15.4 Å². The maximum Gasteiger partial charge on any atom is 0.240 e. The third-order valence-electron chi connectivity index (χ3n) is 5.13. The van der Waals surface area contributed by atoms with Crippen LogP contribution in [0.2, 0.25) is 0 Å². The SMILES string of the molecule is C[C@@]1(NC(=O)Cn2c(-c3ccccc3)cc3ccccc32)CCS(=O)(=O)C1. The van der Waals surface area contributed by atoms with Crippen LogP contribution in [-0.4, -0.2) is 35.9 Å². The minimum atomic E-state index is -3.07. The molecule has 1 saturated heterocycles. The molecule has 3 aromatic rings. The second kappa shape index (κ2) is 6.53. The molecule has 140 valence electrons. The van der Waals surface area contributed by atoms with Gasteiger partial charge in [-0.3, -0.25) is 4.79 Å². The Labute approximate surface area is 158 Å². The van der Waals surface area contributed by atoms with Crippen molar-refractivity contribution in [2.75, 3.05) is 11.5 Å². The van der Waals surface area contributed by atoms with Gasteiger partial charge in [0.25, 0.3) is 0 Å². The standard InChI is InChI=1S/C21H22N2O3S/c1-21(11-12-27(25,26)15-21)22-20(24)14-23-18-10-6-5-9-17(18)13-19(23)16-7-3-2-4-8-16/h2-10,13H,11-12,14-15H2,1H3,(H,22,24)/t21-/m1/s1. The van der Waals surface area contributed by atoms with Gasteiger partial charge in [-0.05, 0) is 31.0 Å². The number of para-hydroxylation sites is 1. The summed E-state index contributed by atoms with van der Waals surface area (Å²) >= 11 is 0. The third kappa shape index (κ3) is 3.62. The minimum absolute atomic E-state index is 0.00368. The Bertz CT molecular complexity index is 1100. The zero-order valence-corrected chi connectivity index (χ0v) is 16.0. The van der Waals surface area contributed by atoms with E-state index in [9.17, 15) is 13.2 Å². The van der Waals surface area contributed by atoms with Crippen LogP contribution in [0.25, 0.3) is 22.2 Å². The first-order valence-corrected chi connectivity index (χ1v) is 10.8. The Morgan fingerprint density at radius 2 is 1.81 bits per heavy atom. The fourth-order valence-corrected chi connectivity index (χ4v) is 5.95. The molecule has 1 amide bonds. The van der Waals surface area contributed by atoms with Crippen molar-refractivity contribution in [1.29, 1.82) is 0 Å². The van der Waals surface area contributed by atoms with E-state index in [0.29, 0.717) is 6.42 Å². The lowest BCUT2D eigenvalue weighted by atomic mass is 10.0. The lowest BCUT2D eigenvalue weighted by molar-refractivity contribution is -0.123. The van der Waals surface area contributed by atoms with E-state index in [1.807, 2.05) is 59.2 Å². The Hall–Kier alpha value is -2.60. The maximum atomic E-state index is 12.8. The lowest BCUT2D eigenvalue weighted by Crippen LogP contribution is -2.48. The van der Waals surface area contributed by atoms with Crippen LogP contribution in [0.15, 0.2) is 60.7 Å². The summed E-state index contributed by atoms with van der Waals surface area (Å²) in [6.45, 7) is 1.95. The monoisotopic (exact) mass is 382 g/mol. The largest absolute Gasteiger partial charge is 0.348 e. The summed E-state index contributed by atoms with van der Waals surface area (Å²) in [5, 5.41) is 4.02. The van der Waals surface area contributed by atoms with E-state index in [0.717, 1.165) is 22.2 Å². The summed E-state index contributed by atoms with van der Waals surface area (Å²) in [5.41, 5.74) is 2.30. The molecule has 4 rings (SSSR count). The van der Waals surface area contributed by atoms with Crippen LogP contribution < -0.4 is 5.32 Å². The zero-order chi connectivity index (χ0) is 19.1. The van der Waals surface area contributed by atoms with E-state index in [-0.39, 0.29) is 24.0 Å². The first-order chi connectivity index (χ1) is 12.9. The summed E-state index contributed by atoms with van der Waals surface area (Å²) in [7, 11) is -3.07. The molecule has 1 N–H and O–H groups in total. The number of benzene rings is 2. The molecule has 0 saturated carbocycles. The van der Waals surface area contributed by atoms with Gasteiger partial charge >= 0.3 is 0 Å². The molecule has 1 aliphatic heterocycles. The van der Waals surface area contributed by atoms with Gasteiger partial charge in [0.05, 0.1) is 17.0 Å². The van der Waals surface area contributed by atoms with Gasteiger partial charge in [0.1, 0.15) is 6.54 Å². The van der Waals surface area contributed by atoms with Crippen molar-refractivity contribution in [3.05, 3.63) is 60.7 Å². The van der Waals surface area contributed by atoms with E-state index in [1.165, 1.54) is 0 Å². The molecule has 1 atom stereocenters. The highest BCUT2D eigenvalue weighted by molar-refractivity contribution is 7.91. The summed E-state index contributed by atoms with van der Waals surface area (Å²) in [6.07, 6.45) is 0.457. The van der Waals surface area contributed by atoms with E-state index in [4.69, 9.17) is 0 Å². The highest BCUT2D eigenvalue weighted by atomic mass is 32.2. The van der Waals surface area contributed by atoms with Gasteiger partial charge in [0, 0.05) is 16.6 Å². The number of nitrogens with zero attached hydrogens (tertiary/aromatic N) is 1. The minimum Gasteiger partial charge on any atom is -0.348 e. The van der Waals surface area contributed by atoms with Crippen LogP contribution in [0.1, 0.15) is 13.3 Å². The van der Waals surface area contributed by atoms with Crippen molar-refractivity contribution < 1.29 is 13.2 Å². The van der Waals surface area contributed by atoms with Crippen LogP contribution in [0.3, 0.4) is 0 Å². The molecule has 0 radical (unpaired) electrons. The number of amides is 1. The molecule has 0 spiro atoms. The van der Waals surface area contributed by atoms with Crippen molar-refractivity contribution in [2.45, 2.75) is 25.4 Å². The Morgan fingerprint density at radius 1 is 1.11 bits per heavy atom. The van der Waals surface area contributed by atoms with Crippen molar-refractivity contribution in [3.63, 3.8) is 0 Å². The molecular weight excluding hydrogens is 360 g/mol. The highest BCUT2D eigenvalue weighted by Crippen LogP contribution is 2.28. The summed E-state index contributed by atoms with van der Waals surface area (Å²) in [6, 6.07) is 20.0. The molecule has 2 aromatic carbocycles. The van der Waals surface area contributed by atoms with Crippen molar-refractivity contribution in [3.8, 4) is 11.3 Å². The van der Waals surface area contributed by atoms with Gasteiger partial charge in [-0.25, -0.2) is 8.42 Å². The quantitative estimate of drug-likeness (QED) is 0.754. The van der Waals surface area contributed by atoms with E-state index in [1.54, 1.807) is 6.92 Å². The van der Waals surface area contributed by atoms with Crippen LogP contribution in [-0.2, 0) is 21.2 Å². The fourth-order valence-electron chi connectivity index (χ4n) is 3.86. The molecule has 2 heterocycles. The van der Waals surface area contributed by atoms with Gasteiger partial charge < -0.3 is 9.88 Å². The Balaban J connectivity index is 1.66. The first kappa shape index (κ1) is 17.8. The van der Waals surface area contributed by atoms with Crippen LogP contribution in [0.5, 0.6) is 0 Å². The van der Waals surface area contributed by atoms with E-state index in [2.05, 4.69) is 11.4 Å². The molecule has 27 heavy (non-hydrogen) atoms. The van der Waals surface area contributed by atoms with E-state index >= 15 is 0 Å². The topological polar surface area (TPSA) is 68.2 Å². The van der Waals surface area contributed by atoms with Crippen LogP contribution >= 0.6 is 0 Å². The Morgan fingerprint density at radius 3 is 2.52 bits per heavy atom. The molecule has 6 heteroatoms. The summed E-state index contributed by atoms with van der Waals surface area (Å²) in [5.74, 6) is -0.0389. The molecule has 0 aliphatic carbocycles. The number of aromatic nitrogens is 1. The Kier molecular flexibility index (Phi) is 4.30. The van der Waals surface area contributed by atoms with Gasteiger partial charge in [-0.2, -0.15) is 0 Å². The number of hydrogen-bond donors (Lipinski definition) is 1. The molecule has 0 unspecified atom stereocenters. The fraction of sp³-hybridized carbons (Fsp3) is 0.286. The van der Waals surface area contributed by atoms with Gasteiger partial charge in [0.15, 0.2) is 9.84 Å². The van der Waals surface area contributed by atoms with Gasteiger partial charge in [-0.1, -0.05) is 48.5 Å². The van der Waals surface area contributed by atoms with Crippen LogP contribution in [0.4, 0.5) is 0 Å². The number of fused-ring (bicyclic) bond motifs is 1. The number of carbonyl (C=O) groups excluding carboxylic acids is 1. The van der Waals surface area contributed by atoms with Crippen LogP contribution in [0, 0.1) is 0 Å². The van der Waals surface area contributed by atoms with Crippen molar-refractivity contribution in [1.82, 2.24) is 9.88 Å². The average molecular weight is 382 g/mol. The number of rotatable bonds is 4. The molecule has 5 nitrogen and oxygen atoms in total. The van der Waals surface area contributed by atoms with Gasteiger partial charge in [0.2, 0.25) is 5.91 Å².